The minimum atomic E-state index is 0.201. The number of hydrogen-bond acceptors (Lipinski definition) is 3. The molecule has 5 nitrogen and oxygen atoms in total. The largest absolute Gasteiger partial charge is 0.341 e. The van der Waals surface area contributed by atoms with Gasteiger partial charge in [0.05, 0.1) is 5.69 Å². The highest BCUT2D eigenvalue weighted by Crippen LogP contribution is 2.40. The highest BCUT2D eigenvalue weighted by Gasteiger charge is 2.39. The van der Waals surface area contributed by atoms with Crippen LogP contribution in [0, 0.1) is 12.3 Å². The first kappa shape index (κ1) is 21.1. The molecule has 30 heavy (non-hydrogen) atoms. The molecule has 0 atom stereocenters. The molecule has 1 aromatic rings. The van der Waals surface area contributed by atoms with Crippen LogP contribution in [0.5, 0.6) is 0 Å². The van der Waals surface area contributed by atoms with E-state index in [1.165, 1.54) is 42.7 Å². The van der Waals surface area contributed by atoms with Crippen LogP contribution in [0.25, 0.3) is 0 Å². The Labute approximate surface area is 181 Å². The lowest BCUT2D eigenvalue weighted by atomic mass is 9.72. The standard InChI is InChI=1S/C25H36N4O/c1-20-6-4-7-21(2)23(16-20)17-27-12-5-9-25(19-27)10-14-28(15-11-25)24(30)18-29-13-8-22(3)26-29/h6-8,13,16H,4-5,9-12,14-15,17-19H2,1-3H3. The highest BCUT2D eigenvalue weighted by molar-refractivity contribution is 5.76. The molecule has 2 fully saturated rings. The summed E-state index contributed by atoms with van der Waals surface area (Å²) in [5.74, 6) is 0.201. The zero-order valence-electron chi connectivity index (χ0n) is 18.9. The molecule has 0 unspecified atom stereocenters. The van der Waals surface area contributed by atoms with E-state index in [4.69, 9.17) is 0 Å². The van der Waals surface area contributed by atoms with Gasteiger partial charge in [-0.05, 0) is 76.5 Å². The Balaban J connectivity index is 1.33. The SMILES string of the molecule is CC1=CCC=C(C)C(CN2CCCC3(CCN(C(=O)Cn4ccc(C)n4)CC3)C2)=C1. The lowest BCUT2D eigenvalue weighted by Gasteiger charge is -2.48. The van der Waals surface area contributed by atoms with E-state index in [0.717, 1.165) is 44.6 Å². The third-order valence-corrected chi connectivity index (χ3v) is 7.15. The lowest BCUT2D eigenvalue weighted by molar-refractivity contribution is -0.135. The first-order chi connectivity index (χ1) is 14.4. The van der Waals surface area contributed by atoms with E-state index in [1.807, 2.05) is 19.2 Å². The Morgan fingerprint density at radius 2 is 1.90 bits per heavy atom. The molecule has 2 saturated heterocycles. The zero-order valence-corrected chi connectivity index (χ0v) is 18.9. The number of carbonyl (C=O) groups is 1. The molecule has 0 aromatic carbocycles. The topological polar surface area (TPSA) is 41.4 Å². The number of amides is 1. The van der Waals surface area contributed by atoms with Gasteiger partial charge in [-0.2, -0.15) is 5.10 Å². The summed E-state index contributed by atoms with van der Waals surface area (Å²) >= 11 is 0. The smallest absolute Gasteiger partial charge is 0.244 e. The van der Waals surface area contributed by atoms with Crippen molar-refractivity contribution >= 4 is 5.91 Å². The van der Waals surface area contributed by atoms with E-state index < -0.39 is 0 Å². The van der Waals surface area contributed by atoms with Crippen molar-refractivity contribution in [1.29, 1.82) is 0 Å². The number of hydrogen-bond donors (Lipinski definition) is 0. The predicted molar refractivity (Wildman–Crippen MR) is 121 cm³/mol. The molecule has 1 spiro atoms. The van der Waals surface area contributed by atoms with E-state index in [-0.39, 0.29) is 5.91 Å². The summed E-state index contributed by atoms with van der Waals surface area (Å²) in [4.78, 5) is 17.4. The van der Waals surface area contributed by atoms with E-state index in [0.29, 0.717) is 12.0 Å². The van der Waals surface area contributed by atoms with Crippen molar-refractivity contribution in [2.24, 2.45) is 5.41 Å². The molecule has 3 heterocycles. The maximum atomic E-state index is 12.7. The van der Waals surface area contributed by atoms with Crippen LogP contribution in [-0.2, 0) is 11.3 Å². The maximum Gasteiger partial charge on any atom is 0.244 e. The molecule has 1 aromatic heterocycles. The van der Waals surface area contributed by atoms with Crippen LogP contribution in [-0.4, -0.2) is 58.2 Å². The second-order valence-corrected chi connectivity index (χ2v) is 9.59. The summed E-state index contributed by atoms with van der Waals surface area (Å²) in [5.41, 5.74) is 5.62. The number of carbonyl (C=O) groups excluding carboxylic acids is 1. The average Bonchev–Trinajstić information content (AvgIpc) is 3.05. The number of aromatic nitrogens is 2. The van der Waals surface area contributed by atoms with Crippen LogP contribution in [0.2, 0.25) is 0 Å². The van der Waals surface area contributed by atoms with Gasteiger partial charge in [-0.15, -0.1) is 0 Å². The van der Waals surface area contributed by atoms with Gasteiger partial charge >= 0.3 is 0 Å². The lowest BCUT2D eigenvalue weighted by Crippen LogP contribution is -2.51. The van der Waals surface area contributed by atoms with Crippen LogP contribution in [0.3, 0.4) is 0 Å². The number of aryl methyl sites for hydroxylation is 1. The average molecular weight is 409 g/mol. The molecule has 0 N–H and O–H groups in total. The van der Waals surface area contributed by atoms with Crippen molar-refractivity contribution in [2.45, 2.75) is 59.4 Å². The molecule has 1 amide bonds. The molecule has 2 aliphatic heterocycles. The van der Waals surface area contributed by atoms with E-state index in [9.17, 15) is 4.79 Å². The fourth-order valence-electron chi connectivity index (χ4n) is 5.28. The summed E-state index contributed by atoms with van der Waals surface area (Å²) in [6.07, 6.45) is 14.8. The molecule has 0 saturated carbocycles. The monoisotopic (exact) mass is 408 g/mol. The van der Waals surface area contributed by atoms with E-state index >= 15 is 0 Å². The Kier molecular flexibility index (Phi) is 6.28. The van der Waals surface area contributed by atoms with E-state index in [1.54, 1.807) is 4.68 Å². The first-order valence-corrected chi connectivity index (χ1v) is 11.5. The maximum absolute atomic E-state index is 12.7. The molecule has 0 bridgehead atoms. The zero-order chi connectivity index (χ0) is 21.1. The number of likely N-dealkylation sites (tertiary alicyclic amines) is 2. The fraction of sp³-hybridized carbons (Fsp3) is 0.600. The molecule has 5 heteroatoms. The van der Waals surface area contributed by atoms with Gasteiger partial charge in [0.2, 0.25) is 5.91 Å². The molecule has 162 valence electrons. The van der Waals surface area contributed by atoms with Crippen molar-refractivity contribution in [1.82, 2.24) is 19.6 Å². The van der Waals surface area contributed by atoms with Gasteiger partial charge in [0.1, 0.15) is 6.54 Å². The summed E-state index contributed by atoms with van der Waals surface area (Å²) in [5, 5.41) is 4.36. The summed E-state index contributed by atoms with van der Waals surface area (Å²) in [6, 6.07) is 1.95. The van der Waals surface area contributed by atoms with Gasteiger partial charge in [0.25, 0.3) is 0 Å². The minimum absolute atomic E-state index is 0.201. The van der Waals surface area contributed by atoms with Gasteiger partial charge in [-0.3, -0.25) is 14.4 Å². The van der Waals surface area contributed by atoms with Crippen molar-refractivity contribution in [3.05, 3.63) is 52.9 Å². The van der Waals surface area contributed by atoms with Crippen molar-refractivity contribution in [3.8, 4) is 0 Å². The molecular weight excluding hydrogens is 372 g/mol. The van der Waals surface area contributed by atoms with E-state index in [2.05, 4.69) is 47.0 Å². The molecular formula is C25H36N4O. The van der Waals surface area contributed by atoms with Crippen molar-refractivity contribution in [2.75, 3.05) is 32.7 Å². The van der Waals surface area contributed by atoms with Crippen molar-refractivity contribution in [3.63, 3.8) is 0 Å². The van der Waals surface area contributed by atoms with Gasteiger partial charge in [0, 0.05) is 32.4 Å². The molecule has 0 radical (unpaired) electrons. The Hall–Kier alpha value is -2.14. The van der Waals surface area contributed by atoms with Gasteiger partial charge in [-0.1, -0.05) is 29.4 Å². The predicted octanol–water partition coefficient (Wildman–Crippen LogP) is 4.12. The second kappa shape index (κ2) is 8.93. The highest BCUT2D eigenvalue weighted by atomic mass is 16.2. The van der Waals surface area contributed by atoms with Crippen LogP contribution in [0.4, 0.5) is 0 Å². The second-order valence-electron chi connectivity index (χ2n) is 9.59. The Morgan fingerprint density at radius 1 is 1.10 bits per heavy atom. The number of rotatable bonds is 4. The molecule has 3 aliphatic rings. The van der Waals surface area contributed by atoms with Crippen LogP contribution in [0.15, 0.2) is 47.2 Å². The quantitative estimate of drug-likeness (QED) is 0.753. The summed E-state index contributed by atoms with van der Waals surface area (Å²) < 4.78 is 1.76. The number of allylic oxidation sites excluding steroid dienone is 4. The third kappa shape index (κ3) is 4.94. The Morgan fingerprint density at radius 3 is 2.63 bits per heavy atom. The minimum Gasteiger partial charge on any atom is -0.341 e. The van der Waals surface area contributed by atoms with Gasteiger partial charge < -0.3 is 4.90 Å². The van der Waals surface area contributed by atoms with Gasteiger partial charge in [-0.25, -0.2) is 0 Å². The normalized spacial score (nSPS) is 22.4. The number of piperidine rings is 2. The van der Waals surface area contributed by atoms with Crippen LogP contribution < -0.4 is 0 Å². The number of nitrogens with zero attached hydrogens (tertiary/aromatic N) is 4. The van der Waals surface area contributed by atoms with Crippen LogP contribution >= 0.6 is 0 Å². The van der Waals surface area contributed by atoms with Crippen LogP contribution in [0.1, 0.15) is 51.6 Å². The third-order valence-electron chi connectivity index (χ3n) is 7.15. The Bertz CT molecular complexity index is 867. The first-order valence-electron chi connectivity index (χ1n) is 11.5. The molecule has 1 aliphatic carbocycles. The van der Waals surface area contributed by atoms with Crippen molar-refractivity contribution < 1.29 is 4.79 Å². The van der Waals surface area contributed by atoms with Gasteiger partial charge in [0.15, 0.2) is 0 Å². The summed E-state index contributed by atoms with van der Waals surface area (Å²) in [7, 11) is 0. The molecule has 4 rings (SSSR count). The summed E-state index contributed by atoms with van der Waals surface area (Å²) in [6.45, 7) is 12.0. The fourth-order valence-corrected chi connectivity index (χ4v) is 5.28.